The molecular formula is C41H58N6O8. The van der Waals surface area contributed by atoms with Crippen molar-refractivity contribution in [2.75, 3.05) is 20.6 Å². The highest BCUT2D eigenvalue weighted by Gasteiger charge is 2.42. The fourth-order valence-electron chi connectivity index (χ4n) is 7.07. The molecule has 1 aromatic carbocycles. The normalized spacial score (nSPS) is 15.9. The Kier molecular flexibility index (Phi) is 14.5. The van der Waals surface area contributed by atoms with Crippen LogP contribution < -0.4 is 16.0 Å². The van der Waals surface area contributed by atoms with Crippen LogP contribution in [0.3, 0.4) is 0 Å². The monoisotopic (exact) mass is 762 g/mol. The number of hydrogen-bond acceptors (Lipinski definition) is 8. The summed E-state index contributed by atoms with van der Waals surface area (Å²) in [6.07, 6.45) is 5.16. The second-order valence-corrected chi connectivity index (χ2v) is 16.3. The van der Waals surface area contributed by atoms with Gasteiger partial charge in [0.05, 0.1) is 24.5 Å². The number of fused-ring (bicyclic) bond motifs is 1. The number of aromatic nitrogens is 1. The Hall–Kier alpha value is -5.11. The molecule has 1 aliphatic heterocycles. The highest BCUT2D eigenvalue weighted by Crippen LogP contribution is 2.35. The minimum absolute atomic E-state index is 0.0207. The van der Waals surface area contributed by atoms with E-state index in [0.717, 1.165) is 33.5 Å². The average molecular weight is 763 g/mol. The Morgan fingerprint density at radius 1 is 0.945 bits per heavy atom. The summed E-state index contributed by atoms with van der Waals surface area (Å²) >= 11 is 0. The first-order valence-electron chi connectivity index (χ1n) is 18.6. The van der Waals surface area contributed by atoms with E-state index >= 15 is 0 Å². The van der Waals surface area contributed by atoms with Crippen LogP contribution in [0, 0.1) is 11.3 Å². The third-order valence-corrected chi connectivity index (χ3v) is 10.3. The van der Waals surface area contributed by atoms with Gasteiger partial charge in [0, 0.05) is 67.3 Å². The molecule has 300 valence electrons. The van der Waals surface area contributed by atoms with E-state index in [2.05, 4.69) is 16.0 Å². The summed E-state index contributed by atoms with van der Waals surface area (Å²) in [6.45, 7) is 14.8. The van der Waals surface area contributed by atoms with E-state index in [4.69, 9.17) is 0 Å². The van der Waals surface area contributed by atoms with Crippen molar-refractivity contribution < 1.29 is 38.7 Å². The van der Waals surface area contributed by atoms with Gasteiger partial charge in [-0.15, -0.1) is 0 Å². The molecule has 2 aromatic rings. The Balaban J connectivity index is 1.80. The third-order valence-electron chi connectivity index (χ3n) is 10.3. The van der Waals surface area contributed by atoms with E-state index in [9.17, 15) is 38.7 Å². The summed E-state index contributed by atoms with van der Waals surface area (Å²) in [5.74, 6) is -4.43. The molecule has 4 atom stereocenters. The maximum Gasteiger partial charge on any atom is 0.305 e. The third kappa shape index (κ3) is 10.6. The van der Waals surface area contributed by atoms with E-state index in [1.807, 2.05) is 90.5 Å². The predicted octanol–water partition coefficient (Wildman–Crippen LogP) is 3.24. The maximum atomic E-state index is 14.4. The molecule has 5 amide bonds. The van der Waals surface area contributed by atoms with E-state index < -0.39 is 70.9 Å². The minimum Gasteiger partial charge on any atom is -0.481 e. The number of hydrogen-bond donors (Lipinski definition) is 4. The molecule has 0 radical (unpaired) electrons. The number of imide groups is 1. The number of benzene rings is 1. The molecule has 2 heterocycles. The van der Waals surface area contributed by atoms with E-state index in [-0.39, 0.29) is 42.7 Å². The van der Waals surface area contributed by atoms with Crippen LogP contribution in [0.25, 0.3) is 10.9 Å². The molecule has 14 heteroatoms. The van der Waals surface area contributed by atoms with Crippen LogP contribution in [-0.4, -0.2) is 106 Å². The molecule has 1 aromatic heterocycles. The van der Waals surface area contributed by atoms with Crippen LogP contribution in [0.1, 0.15) is 80.2 Å². The first kappa shape index (κ1) is 44.3. The molecule has 55 heavy (non-hydrogen) atoms. The number of rotatable bonds is 18. The van der Waals surface area contributed by atoms with Crippen molar-refractivity contribution >= 4 is 52.2 Å². The number of ketones is 1. The lowest BCUT2D eigenvalue weighted by molar-refractivity contribution is -0.141. The Labute approximate surface area is 323 Å². The first-order chi connectivity index (χ1) is 25.5. The van der Waals surface area contributed by atoms with Gasteiger partial charge in [-0.05, 0) is 43.4 Å². The Morgan fingerprint density at radius 2 is 1.55 bits per heavy atom. The number of nitrogens with zero attached hydrogens (tertiary/aromatic N) is 3. The topological polar surface area (TPSA) is 187 Å². The highest BCUT2D eigenvalue weighted by molar-refractivity contribution is 6.12. The zero-order valence-corrected chi connectivity index (χ0v) is 34.0. The molecule has 3 rings (SSSR count). The van der Waals surface area contributed by atoms with Gasteiger partial charge >= 0.3 is 5.97 Å². The summed E-state index contributed by atoms with van der Waals surface area (Å²) in [4.78, 5) is 92.7. The number of Topliss-reactive ketones (excluding diaryl/α,β-unsaturated/α-hetero) is 1. The van der Waals surface area contributed by atoms with Crippen LogP contribution in [0.2, 0.25) is 0 Å². The summed E-state index contributed by atoms with van der Waals surface area (Å²) in [7, 11) is 5.29. The van der Waals surface area contributed by atoms with Gasteiger partial charge in [0.25, 0.3) is 11.8 Å². The standard InChI is InChI=1S/C41H58N6O8/c1-24(2)30(21-25(3)37(53)43-28(22-34(51)52)31(48)17-14-20-47-32(49)18-19-33(47)50)46(11)39(55)36(40(4,5)6)44-38(54)35(42-9)41(7,8)27-23-45(10)29-16-13-12-15-26(27)29/h12-13,15-16,18-19,21,23-24,28,30,35-36,42H,14,17,20,22H2,1-11H3,(H,43,53)(H,44,54)(H,51,52)/b25-21+/t28-,30-,35-,36-/m1/s1. The molecule has 0 saturated carbocycles. The SMILES string of the molecule is CN[C@H](C(=O)N[C@H](C(=O)N(C)[C@H](/C=C(\C)C(=O)N[C@H](CC(=O)O)C(=O)CCCN1C(=O)C=CC1=O)C(C)C)C(C)(C)C)C(C)(C)c1cn(C)c2ccccc12. The molecular weight excluding hydrogens is 704 g/mol. The number of amides is 5. The van der Waals surface area contributed by atoms with Crippen LogP contribution >= 0.6 is 0 Å². The predicted molar refractivity (Wildman–Crippen MR) is 210 cm³/mol. The molecule has 4 N–H and O–H groups in total. The lowest BCUT2D eigenvalue weighted by Crippen LogP contribution is -2.61. The zero-order chi connectivity index (χ0) is 41.6. The number of carbonyl (C=O) groups is 7. The van der Waals surface area contributed by atoms with E-state index in [1.54, 1.807) is 20.2 Å². The number of carboxylic acid groups (broad SMARTS) is 1. The van der Waals surface area contributed by atoms with Crippen LogP contribution in [0.15, 0.2) is 54.3 Å². The van der Waals surface area contributed by atoms with Crippen molar-refractivity contribution in [1.82, 2.24) is 30.3 Å². The lowest BCUT2D eigenvalue weighted by atomic mass is 9.76. The van der Waals surface area contributed by atoms with Gasteiger partial charge in [0.1, 0.15) is 6.04 Å². The van der Waals surface area contributed by atoms with E-state index in [1.165, 1.54) is 11.8 Å². The van der Waals surface area contributed by atoms with Gasteiger partial charge in [0.2, 0.25) is 17.7 Å². The highest BCUT2D eigenvalue weighted by atomic mass is 16.4. The van der Waals surface area contributed by atoms with Gasteiger partial charge in [-0.2, -0.15) is 0 Å². The van der Waals surface area contributed by atoms with Crippen molar-refractivity contribution in [3.8, 4) is 0 Å². The van der Waals surface area contributed by atoms with Crippen LogP contribution in [0.5, 0.6) is 0 Å². The largest absolute Gasteiger partial charge is 0.481 e. The van der Waals surface area contributed by atoms with Crippen molar-refractivity contribution in [3.05, 3.63) is 59.8 Å². The summed E-state index contributed by atoms with van der Waals surface area (Å²) < 4.78 is 2.03. The van der Waals surface area contributed by atoms with Crippen molar-refractivity contribution in [3.63, 3.8) is 0 Å². The first-order valence-corrected chi connectivity index (χ1v) is 18.6. The fraction of sp³-hybridized carbons (Fsp3) is 0.537. The van der Waals surface area contributed by atoms with Crippen LogP contribution in [-0.2, 0) is 46.0 Å². The number of nitrogens with one attached hydrogen (secondary N) is 3. The molecule has 0 spiro atoms. The average Bonchev–Trinajstić information content (AvgIpc) is 3.61. The quantitative estimate of drug-likeness (QED) is 0.131. The number of aliphatic carboxylic acids is 1. The maximum absolute atomic E-state index is 14.4. The van der Waals surface area contributed by atoms with Crippen LogP contribution in [0.4, 0.5) is 0 Å². The number of carbonyl (C=O) groups excluding carboxylic acids is 6. The number of para-hydroxylation sites is 1. The zero-order valence-electron chi connectivity index (χ0n) is 34.0. The summed E-state index contributed by atoms with van der Waals surface area (Å²) in [6, 6.07) is 4.35. The van der Waals surface area contributed by atoms with Gasteiger partial charge < -0.3 is 30.5 Å². The van der Waals surface area contributed by atoms with Gasteiger partial charge in [-0.25, -0.2) is 0 Å². The van der Waals surface area contributed by atoms with E-state index in [0.29, 0.717) is 0 Å². The van der Waals surface area contributed by atoms with Crippen molar-refractivity contribution in [2.24, 2.45) is 18.4 Å². The Bertz CT molecular complexity index is 1850. The summed E-state index contributed by atoms with van der Waals surface area (Å²) in [5.41, 5.74) is 0.776. The number of aryl methyl sites for hydroxylation is 1. The fourth-order valence-corrected chi connectivity index (χ4v) is 7.07. The smallest absolute Gasteiger partial charge is 0.305 e. The molecule has 0 aliphatic carbocycles. The molecule has 14 nitrogen and oxygen atoms in total. The molecule has 1 aliphatic rings. The van der Waals surface area contributed by atoms with Gasteiger partial charge in [-0.3, -0.25) is 38.5 Å². The van der Waals surface area contributed by atoms with Crippen molar-refractivity contribution in [2.45, 2.75) is 104 Å². The van der Waals surface area contributed by atoms with Crippen molar-refractivity contribution in [1.29, 1.82) is 0 Å². The lowest BCUT2D eigenvalue weighted by Gasteiger charge is -2.39. The second-order valence-electron chi connectivity index (χ2n) is 16.3. The molecule has 0 unspecified atom stereocenters. The van der Waals surface area contributed by atoms with Gasteiger partial charge in [-0.1, -0.05) is 72.7 Å². The minimum atomic E-state index is -1.35. The molecule has 0 saturated heterocycles. The number of likely N-dealkylation sites (N-methyl/N-ethyl adjacent to an activating group) is 2. The molecule has 0 bridgehead atoms. The van der Waals surface area contributed by atoms with Gasteiger partial charge in [0.15, 0.2) is 5.78 Å². The Morgan fingerprint density at radius 3 is 2.09 bits per heavy atom. The molecule has 0 fully saturated rings. The number of carboxylic acids is 1. The second kappa shape index (κ2) is 18.0. The summed E-state index contributed by atoms with van der Waals surface area (Å²) in [5, 5.41) is 19.3.